The fourth-order valence-electron chi connectivity index (χ4n) is 1.75. The minimum absolute atomic E-state index is 0.497. The van der Waals surface area contributed by atoms with Crippen molar-refractivity contribution in [2.24, 2.45) is 5.92 Å². The third-order valence-electron chi connectivity index (χ3n) is 2.60. The number of methoxy groups -OCH3 is 1. The molecule has 0 amide bonds. The van der Waals surface area contributed by atoms with Crippen molar-refractivity contribution >= 4 is 15.9 Å². The van der Waals surface area contributed by atoms with Crippen LogP contribution in [0.2, 0.25) is 0 Å². The normalized spacial score (nSPS) is 27.2. The van der Waals surface area contributed by atoms with Crippen molar-refractivity contribution in [3.63, 3.8) is 0 Å². The Kier molecular flexibility index (Phi) is 2.69. The largest absolute Gasteiger partial charge is 0.381 e. The van der Waals surface area contributed by atoms with Crippen molar-refractivity contribution in [2.75, 3.05) is 7.11 Å². The first-order chi connectivity index (χ1) is 6.28. The van der Waals surface area contributed by atoms with Gasteiger partial charge in [-0.3, -0.25) is 0 Å². The average Bonchev–Trinajstić information content (AvgIpc) is 2.43. The molecular formula is C9H13BrN2O. The molecule has 1 saturated carbocycles. The van der Waals surface area contributed by atoms with Gasteiger partial charge in [0.25, 0.3) is 0 Å². The van der Waals surface area contributed by atoms with Crippen molar-refractivity contribution in [2.45, 2.75) is 25.5 Å². The van der Waals surface area contributed by atoms with Crippen LogP contribution in [0.5, 0.6) is 0 Å². The molecule has 1 aromatic rings. The quantitative estimate of drug-likeness (QED) is 0.815. The fourth-order valence-corrected chi connectivity index (χ4v) is 2.10. The molecule has 0 aromatic carbocycles. The molecule has 13 heavy (non-hydrogen) atoms. The Balaban J connectivity index is 1.81. The van der Waals surface area contributed by atoms with Crippen LogP contribution in [0, 0.1) is 5.92 Å². The van der Waals surface area contributed by atoms with Gasteiger partial charge in [-0.15, -0.1) is 0 Å². The van der Waals surface area contributed by atoms with Gasteiger partial charge in [0.2, 0.25) is 0 Å². The second-order valence-electron chi connectivity index (χ2n) is 3.59. The molecule has 0 aliphatic heterocycles. The lowest BCUT2D eigenvalue weighted by Crippen LogP contribution is -2.32. The van der Waals surface area contributed by atoms with Crippen LogP contribution in [0.25, 0.3) is 0 Å². The predicted molar refractivity (Wildman–Crippen MR) is 53.4 cm³/mol. The van der Waals surface area contributed by atoms with Crippen LogP contribution < -0.4 is 0 Å². The van der Waals surface area contributed by atoms with E-state index in [4.69, 9.17) is 4.74 Å². The van der Waals surface area contributed by atoms with Gasteiger partial charge in [0, 0.05) is 19.9 Å². The number of halogens is 1. The van der Waals surface area contributed by atoms with Crippen LogP contribution in [0.1, 0.15) is 12.8 Å². The Morgan fingerprint density at radius 3 is 3.00 bits per heavy atom. The number of hydrogen-bond acceptors (Lipinski definition) is 2. The predicted octanol–water partition coefficient (Wildman–Crippen LogP) is 2.07. The van der Waals surface area contributed by atoms with E-state index in [0.717, 1.165) is 17.1 Å². The minimum Gasteiger partial charge on any atom is -0.381 e. The summed E-state index contributed by atoms with van der Waals surface area (Å²) in [6.45, 7) is 1.07. The smallest absolute Gasteiger partial charge is 0.124 e. The molecule has 1 heterocycles. The van der Waals surface area contributed by atoms with Crippen LogP contribution >= 0.6 is 15.9 Å². The van der Waals surface area contributed by atoms with Crippen molar-refractivity contribution in [1.82, 2.24) is 9.55 Å². The number of nitrogens with zero attached hydrogens (tertiary/aromatic N) is 2. The molecule has 4 heteroatoms. The maximum atomic E-state index is 5.23. The summed E-state index contributed by atoms with van der Waals surface area (Å²) in [6, 6.07) is 0. The van der Waals surface area contributed by atoms with Gasteiger partial charge in [-0.1, -0.05) is 0 Å². The second kappa shape index (κ2) is 3.80. The van der Waals surface area contributed by atoms with E-state index in [2.05, 4.69) is 25.5 Å². The van der Waals surface area contributed by atoms with Gasteiger partial charge >= 0.3 is 0 Å². The summed E-state index contributed by atoms with van der Waals surface area (Å²) in [5.74, 6) is 0.769. The van der Waals surface area contributed by atoms with E-state index in [1.807, 2.05) is 12.5 Å². The number of imidazole rings is 1. The molecule has 0 bridgehead atoms. The lowest BCUT2D eigenvalue weighted by Gasteiger charge is -2.34. The molecule has 3 nitrogen and oxygen atoms in total. The highest BCUT2D eigenvalue weighted by Gasteiger charge is 2.28. The number of hydrogen-bond donors (Lipinski definition) is 0. The van der Waals surface area contributed by atoms with Gasteiger partial charge in [0.05, 0.1) is 12.4 Å². The zero-order valence-electron chi connectivity index (χ0n) is 7.61. The summed E-state index contributed by atoms with van der Waals surface area (Å²) in [5, 5.41) is 0. The molecular weight excluding hydrogens is 232 g/mol. The minimum atomic E-state index is 0.497. The number of ether oxygens (including phenoxy) is 1. The topological polar surface area (TPSA) is 27.1 Å². The first-order valence-electron chi connectivity index (χ1n) is 4.48. The van der Waals surface area contributed by atoms with Crippen LogP contribution in [0.3, 0.4) is 0 Å². The van der Waals surface area contributed by atoms with E-state index < -0.39 is 0 Å². The van der Waals surface area contributed by atoms with Gasteiger partial charge in [0.1, 0.15) is 4.60 Å². The molecule has 0 atom stereocenters. The summed E-state index contributed by atoms with van der Waals surface area (Å²) in [7, 11) is 1.79. The zero-order chi connectivity index (χ0) is 9.26. The third kappa shape index (κ3) is 2.11. The SMILES string of the molecule is COC1CC(Cn2cnc(Br)c2)C1. The van der Waals surface area contributed by atoms with Crippen LogP contribution in [0.15, 0.2) is 17.1 Å². The van der Waals surface area contributed by atoms with Crippen LogP contribution in [0.4, 0.5) is 0 Å². The number of rotatable bonds is 3. The Hall–Kier alpha value is -0.350. The Morgan fingerprint density at radius 2 is 2.46 bits per heavy atom. The molecule has 72 valence electrons. The van der Waals surface area contributed by atoms with Gasteiger partial charge in [-0.05, 0) is 34.7 Å². The van der Waals surface area contributed by atoms with Gasteiger partial charge in [-0.25, -0.2) is 4.98 Å². The molecule has 0 spiro atoms. The van der Waals surface area contributed by atoms with Crippen molar-refractivity contribution in [3.8, 4) is 0 Å². The molecule has 1 fully saturated rings. The van der Waals surface area contributed by atoms with E-state index in [1.54, 1.807) is 7.11 Å². The van der Waals surface area contributed by atoms with Gasteiger partial charge in [0.15, 0.2) is 0 Å². The third-order valence-corrected chi connectivity index (χ3v) is 3.01. The first-order valence-corrected chi connectivity index (χ1v) is 5.27. The summed E-state index contributed by atoms with van der Waals surface area (Å²) in [4.78, 5) is 4.12. The first kappa shape index (κ1) is 9.21. The Morgan fingerprint density at radius 1 is 1.69 bits per heavy atom. The van der Waals surface area contributed by atoms with E-state index in [0.29, 0.717) is 6.10 Å². The van der Waals surface area contributed by atoms with E-state index in [1.165, 1.54) is 12.8 Å². The van der Waals surface area contributed by atoms with Crippen LogP contribution in [-0.4, -0.2) is 22.8 Å². The second-order valence-corrected chi connectivity index (χ2v) is 4.40. The van der Waals surface area contributed by atoms with Crippen LogP contribution in [-0.2, 0) is 11.3 Å². The molecule has 0 saturated heterocycles. The maximum Gasteiger partial charge on any atom is 0.124 e. The van der Waals surface area contributed by atoms with E-state index in [9.17, 15) is 0 Å². The van der Waals surface area contributed by atoms with Gasteiger partial charge in [-0.2, -0.15) is 0 Å². The summed E-state index contributed by atoms with van der Waals surface area (Å²) >= 11 is 3.33. The van der Waals surface area contributed by atoms with Crippen molar-refractivity contribution in [1.29, 1.82) is 0 Å². The Labute approximate surface area is 86.2 Å². The van der Waals surface area contributed by atoms with E-state index in [-0.39, 0.29) is 0 Å². The zero-order valence-corrected chi connectivity index (χ0v) is 9.20. The summed E-state index contributed by atoms with van der Waals surface area (Å²) in [6.07, 6.45) is 6.75. The highest BCUT2D eigenvalue weighted by molar-refractivity contribution is 9.10. The Bertz CT molecular complexity index is 281. The highest BCUT2D eigenvalue weighted by Crippen LogP contribution is 2.30. The van der Waals surface area contributed by atoms with Gasteiger partial charge < -0.3 is 9.30 Å². The summed E-state index contributed by atoms with van der Waals surface area (Å²) in [5.41, 5.74) is 0. The average molecular weight is 245 g/mol. The van der Waals surface area contributed by atoms with Crippen molar-refractivity contribution < 1.29 is 4.74 Å². The molecule has 0 radical (unpaired) electrons. The fraction of sp³-hybridized carbons (Fsp3) is 0.667. The van der Waals surface area contributed by atoms with E-state index >= 15 is 0 Å². The molecule has 1 aromatic heterocycles. The molecule has 1 aliphatic rings. The van der Waals surface area contributed by atoms with Crippen molar-refractivity contribution in [3.05, 3.63) is 17.1 Å². The maximum absolute atomic E-state index is 5.23. The lowest BCUT2D eigenvalue weighted by atomic mass is 9.82. The molecule has 2 rings (SSSR count). The number of aromatic nitrogens is 2. The molecule has 0 unspecified atom stereocenters. The highest BCUT2D eigenvalue weighted by atomic mass is 79.9. The molecule has 0 N–H and O–H groups in total. The standard InChI is InChI=1S/C9H13BrN2O/c1-13-8-2-7(3-8)4-12-5-9(10)11-6-12/h5-8H,2-4H2,1H3. The lowest BCUT2D eigenvalue weighted by molar-refractivity contribution is -0.00438. The summed E-state index contributed by atoms with van der Waals surface area (Å²) < 4.78 is 8.26. The monoisotopic (exact) mass is 244 g/mol. The molecule has 1 aliphatic carbocycles.